The van der Waals surface area contributed by atoms with E-state index in [1.807, 2.05) is 36.4 Å². The van der Waals surface area contributed by atoms with E-state index >= 15 is 0 Å². The van der Waals surface area contributed by atoms with E-state index in [2.05, 4.69) is 27.0 Å². The summed E-state index contributed by atoms with van der Waals surface area (Å²) in [5.74, 6) is 0.869. The van der Waals surface area contributed by atoms with Gasteiger partial charge in [0.05, 0.1) is 25.4 Å². The van der Waals surface area contributed by atoms with Crippen LogP contribution in [0.3, 0.4) is 0 Å². The molecule has 3 aromatic rings. The molecule has 2 heterocycles. The van der Waals surface area contributed by atoms with Crippen molar-refractivity contribution >= 4 is 11.4 Å². The molecule has 0 aliphatic carbocycles. The summed E-state index contributed by atoms with van der Waals surface area (Å²) < 4.78 is 8.00. The SMILES string of the molecule is COc1ccc(N2CCN(c3ccc(-n4cnn(C[C@H](C)O)c4=O)cc3)CC2)cc1. The van der Waals surface area contributed by atoms with Gasteiger partial charge in [-0.2, -0.15) is 5.10 Å². The Kier molecular flexibility index (Phi) is 5.76. The number of hydrogen-bond donors (Lipinski definition) is 1. The Hall–Kier alpha value is -3.26. The third-order valence-corrected chi connectivity index (χ3v) is 5.38. The zero-order chi connectivity index (χ0) is 21.1. The van der Waals surface area contributed by atoms with Crippen molar-refractivity contribution in [1.29, 1.82) is 0 Å². The van der Waals surface area contributed by atoms with Gasteiger partial charge in [-0.3, -0.25) is 0 Å². The number of ether oxygens (including phenoxy) is 1. The van der Waals surface area contributed by atoms with Gasteiger partial charge in [0.15, 0.2) is 0 Å². The molecular formula is C22H27N5O3. The van der Waals surface area contributed by atoms with Crippen LogP contribution >= 0.6 is 0 Å². The summed E-state index contributed by atoms with van der Waals surface area (Å²) in [5.41, 5.74) is 2.85. The smallest absolute Gasteiger partial charge is 0.350 e. The number of nitrogens with zero attached hydrogens (tertiary/aromatic N) is 5. The first-order valence-corrected chi connectivity index (χ1v) is 10.1. The Morgan fingerprint density at radius 3 is 1.93 bits per heavy atom. The highest BCUT2D eigenvalue weighted by atomic mass is 16.5. The molecule has 30 heavy (non-hydrogen) atoms. The largest absolute Gasteiger partial charge is 0.497 e. The minimum Gasteiger partial charge on any atom is -0.497 e. The second kappa shape index (κ2) is 8.62. The van der Waals surface area contributed by atoms with Crippen molar-refractivity contribution in [2.24, 2.45) is 0 Å². The van der Waals surface area contributed by atoms with Gasteiger partial charge in [-0.25, -0.2) is 14.0 Å². The van der Waals surface area contributed by atoms with Gasteiger partial charge in [0.1, 0.15) is 12.1 Å². The topological polar surface area (TPSA) is 75.8 Å². The molecule has 0 bridgehead atoms. The lowest BCUT2D eigenvalue weighted by molar-refractivity contribution is 0.166. The van der Waals surface area contributed by atoms with E-state index in [0.29, 0.717) is 0 Å². The van der Waals surface area contributed by atoms with Crippen molar-refractivity contribution in [2.45, 2.75) is 19.6 Å². The first kappa shape index (κ1) is 20.0. The molecular weight excluding hydrogens is 382 g/mol. The Labute approximate surface area is 175 Å². The van der Waals surface area contributed by atoms with E-state index in [1.54, 1.807) is 14.0 Å². The second-order valence-corrected chi connectivity index (χ2v) is 7.50. The highest BCUT2D eigenvalue weighted by molar-refractivity contribution is 5.54. The number of anilines is 2. The Morgan fingerprint density at radius 2 is 1.43 bits per heavy atom. The quantitative estimate of drug-likeness (QED) is 0.669. The number of hydrogen-bond acceptors (Lipinski definition) is 6. The molecule has 1 saturated heterocycles. The monoisotopic (exact) mass is 409 g/mol. The van der Waals surface area contributed by atoms with E-state index in [9.17, 15) is 9.90 Å². The molecule has 8 heteroatoms. The van der Waals surface area contributed by atoms with Crippen LogP contribution in [0.2, 0.25) is 0 Å². The van der Waals surface area contributed by atoms with Crippen LogP contribution in [0, 0.1) is 0 Å². The zero-order valence-electron chi connectivity index (χ0n) is 17.3. The summed E-state index contributed by atoms with van der Waals surface area (Å²) in [7, 11) is 1.68. The van der Waals surface area contributed by atoms with Crippen molar-refractivity contribution in [1.82, 2.24) is 14.3 Å². The van der Waals surface area contributed by atoms with Crippen LogP contribution in [-0.4, -0.2) is 58.8 Å². The molecule has 1 atom stereocenters. The number of aliphatic hydroxyl groups is 1. The van der Waals surface area contributed by atoms with Crippen molar-refractivity contribution in [2.75, 3.05) is 43.1 Å². The van der Waals surface area contributed by atoms with Gasteiger partial charge >= 0.3 is 5.69 Å². The van der Waals surface area contributed by atoms with Crippen molar-refractivity contribution in [3.63, 3.8) is 0 Å². The molecule has 0 unspecified atom stereocenters. The number of piperazine rings is 1. The van der Waals surface area contributed by atoms with Gasteiger partial charge in [-0.15, -0.1) is 0 Å². The predicted octanol–water partition coefficient (Wildman–Crippen LogP) is 1.75. The number of rotatable bonds is 6. The number of methoxy groups -OCH3 is 1. The Balaban J connectivity index is 1.40. The van der Waals surface area contributed by atoms with Crippen LogP contribution in [0.4, 0.5) is 11.4 Å². The van der Waals surface area contributed by atoms with Gasteiger partial charge in [0, 0.05) is 37.6 Å². The average molecular weight is 409 g/mol. The van der Waals surface area contributed by atoms with Gasteiger partial charge in [0.2, 0.25) is 0 Å². The molecule has 1 fully saturated rings. The fourth-order valence-corrected chi connectivity index (χ4v) is 3.73. The minimum absolute atomic E-state index is 0.183. The lowest BCUT2D eigenvalue weighted by Crippen LogP contribution is -2.46. The molecule has 0 saturated carbocycles. The van der Waals surface area contributed by atoms with Crippen LogP contribution in [0.5, 0.6) is 5.75 Å². The molecule has 2 aromatic carbocycles. The summed E-state index contributed by atoms with van der Waals surface area (Å²) >= 11 is 0. The molecule has 1 aliphatic heterocycles. The predicted molar refractivity (Wildman–Crippen MR) is 117 cm³/mol. The van der Waals surface area contributed by atoms with Crippen LogP contribution in [0.15, 0.2) is 59.7 Å². The highest BCUT2D eigenvalue weighted by Gasteiger charge is 2.18. The molecule has 1 aromatic heterocycles. The lowest BCUT2D eigenvalue weighted by atomic mass is 10.2. The Morgan fingerprint density at radius 1 is 0.933 bits per heavy atom. The fraction of sp³-hybridized carbons (Fsp3) is 0.364. The summed E-state index contributed by atoms with van der Waals surface area (Å²) in [6, 6.07) is 16.1. The minimum atomic E-state index is -0.620. The van der Waals surface area contributed by atoms with E-state index in [1.165, 1.54) is 21.3 Å². The summed E-state index contributed by atoms with van der Waals surface area (Å²) in [4.78, 5) is 17.2. The first-order chi connectivity index (χ1) is 14.5. The number of aliphatic hydroxyl groups excluding tert-OH is 1. The van der Waals surface area contributed by atoms with E-state index in [4.69, 9.17) is 4.74 Å². The van der Waals surface area contributed by atoms with Crippen LogP contribution in [0.25, 0.3) is 5.69 Å². The van der Waals surface area contributed by atoms with Gasteiger partial charge < -0.3 is 19.6 Å². The zero-order valence-corrected chi connectivity index (χ0v) is 17.3. The molecule has 4 rings (SSSR count). The van der Waals surface area contributed by atoms with Gasteiger partial charge in [-0.05, 0) is 55.5 Å². The molecule has 0 amide bonds. The maximum absolute atomic E-state index is 12.4. The average Bonchev–Trinajstić information content (AvgIpc) is 3.13. The maximum atomic E-state index is 12.4. The Bertz CT molecular complexity index is 1020. The second-order valence-electron chi connectivity index (χ2n) is 7.50. The summed E-state index contributed by atoms with van der Waals surface area (Å²) in [5, 5.41) is 13.6. The first-order valence-electron chi connectivity index (χ1n) is 10.1. The normalized spacial score (nSPS) is 15.3. The van der Waals surface area contributed by atoms with Gasteiger partial charge in [-0.1, -0.05) is 0 Å². The van der Waals surface area contributed by atoms with Gasteiger partial charge in [0.25, 0.3) is 0 Å². The highest BCUT2D eigenvalue weighted by Crippen LogP contribution is 2.23. The molecule has 8 nitrogen and oxygen atoms in total. The third-order valence-electron chi connectivity index (χ3n) is 5.38. The van der Waals surface area contributed by atoms with Crippen LogP contribution in [-0.2, 0) is 6.54 Å². The number of benzene rings is 2. The van der Waals surface area contributed by atoms with E-state index in [0.717, 1.165) is 43.3 Å². The number of aromatic nitrogens is 3. The molecule has 0 spiro atoms. The summed E-state index contributed by atoms with van der Waals surface area (Å²) in [6.07, 6.45) is 0.873. The fourth-order valence-electron chi connectivity index (χ4n) is 3.73. The maximum Gasteiger partial charge on any atom is 0.350 e. The molecule has 1 aliphatic rings. The van der Waals surface area contributed by atoms with E-state index in [-0.39, 0.29) is 12.2 Å². The van der Waals surface area contributed by atoms with Crippen molar-refractivity contribution < 1.29 is 9.84 Å². The van der Waals surface area contributed by atoms with E-state index < -0.39 is 6.10 Å². The lowest BCUT2D eigenvalue weighted by Gasteiger charge is -2.37. The molecule has 158 valence electrons. The molecule has 0 radical (unpaired) electrons. The van der Waals surface area contributed by atoms with Crippen LogP contribution < -0.4 is 20.2 Å². The van der Waals surface area contributed by atoms with Crippen LogP contribution in [0.1, 0.15) is 6.92 Å². The molecule has 1 N–H and O–H groups in total. The standard InChI is InChI=1S/C22H27N5O3/c1-17(28)15-27-22(29)26(16-23-27)20-5-3-18(4-6-20)24-11-13-25(14-12-24)19-7-9-21(30-2)10-8-19/h3-10,16-17,28H,11-15H2,1-2H3/t17-/m0/s1. The van der Waals surface area contributed by atoms with Crippen molar-refractivity contribution in [3.05, 3.63) is 65.3 Å². The third kappa shape index (κ3) is 4.18. The summed E-state index contributed by atoms with van der Waals surface area (Å²) in [6.45, 7) is 5.56. The van der Waals surface area contributed by atoms with Crippen molar-refractivity contribution in [3.8, 4) is 11.4 Å².